The Kier molecular flexibility index (Phi) is 5.75. The van der Waals surface area contributed by atoms with Crippen molar-refractivity contribution in [3.05, 3.63) is 42.5 Å². The van der Waals surface area contributed by atoms with Gasteiger partial charge in [0.15, 0.2) is 0 Å². The second-order valence-corrected chi connectivity index (χ2v) is 7.11. The fourth-order valence-electron chi connectivity index (χ4n) is 3.49. The molecule has 1 amide bonds. The lowest BCUT2D eigenvalue weighted by molar-refractivity contribution is -0.116. The average Bonchev–Trinajstić information content (AvgIpc) is 3.39. The van der Waals surface area contributed by atoms with Gasteiger partial charge in [0.05, 0.1) is 6.04 Å². The Morgan fingerprint density at radius 2 is 1.96 bits per heavy atom. The van der Waals surface area contributed by atoms with E-state index < -0.39 is 0 Å². The van der Waals surface area contributed by atoms with Gasteiger partial charge in [-0.2, -0.15) is 0 Å². The maximum absolute atomic E-state index is 12.1. The van der Waals surface area contributed by atoms with Crippen LogP contribution in [0.4, 0.5) is 5.95 Å². The summed E-state index contributed by atoms with van der Waals surface area (Å²) in [4.78, 5) is 16.4. The van der Waals surface area contributed by atoms with E-state index in [1.54, 1.807) is 6.33 Å². The largest absolute Gasteiger partial charge is 0.421 e. The number of amides is 1. The molecule has 1 N–H and O–H groups in total. The minimum absolute atomic E-state index is 0.107. The van der Waals surface area contributed by atoms with Crippen molar-refractivity contribution in [2.24, 2.45) is 0 Å². The molecule has 1 fully saturated rings. The van der Waals surface area contributed by atoms with Gasteiger partial charge < -0.3 is 4.42 Å². The Balaban J connectivity index is 1.23. The molecule has 1 aliphatic carbocycles. The van der Waals surface area contributed by atoms with Crippen molar-refractivity contribution >= 4 is 11.9 Å². The van der Waals surface area contributed by atoms with Crippen LogP contribution in [-0.2, 0) is 11.2 Å². The lowest BCUT2D eigenvalue weighted by Gasteiger charge is -2.21. The number of anilines is 1. The summed E-state index contributed by atoms with van der Waals surface area (Å²) in [6.45, 7) is 0. The average molecular weight is 380 g/mol. The van der Waals surface area contributed by atoms with E-state index in [0.29, 0.717) is 43.0 Å². The zero-order chi connectivity index (χ0) is 19.2. The van der Waals surface area contributed by atoms with Crippen molar-refractivity contribution in [3.63, 3.8) is 0 Å². The Morgan fingerprint density at radius 3 is 2.79 bits per heavy atom. The summed E-state index contributed by atoms with van der Waals surface area (Å²) in [7, 11) is 0. The van der Waals surface area contributed by atoms with Crippen LogP contribution < -0.4 is 5.32 Å². The van der Waals surface area contributed by atoms with E-state index in [0.717, 1.165) is 18.4 Å². The predicted octanol–water partition coefficient (Wildman–Crippen LogP) is 3.79. The number of nitrogens with zero attached hydrogens (tertiary/aromatic N) is 5. The zero-order valence-corrected chi connectivity index (χ0v) is 15.8. The van der Waals surface area contributed by atoms with Crippen molar-refractivity contribution < 1.29 is 9.21 Å². The monoisotopic (exact) mass is 380 g/mol. The highest BCUT2D eigenvalue weighted by Crippen LogP contribution is 2.27. The summed E-state index contributed by atoms with van der Waals surface area (Å²) in [5.41, 5.74) is 0.888. The molecule has 146 valence electrons. The maximum atomic E-state index is 12.1. The van der Waals surface area contributed by atoms with E-state index in [4.69, 9.17) is 4.42 Å². The van der Waals surface area contributed by atoms with E-state index in [1.165, 1.54) is 19.3 Å². The molecule has 0 bridgehead atoms. The number of benzene rings is 1. The summed E-state index contributed by atoms with van der Waals surface area (Å²) in [5.74, 6) is 1.30. The summed E-state index contributed by atoms with van der Waals surface area (Å²) in [6.07, 6.45) is 9.25. The molecule has 2 aromatic heterocycles. The van der Waals surface area contributed by atoms with Gasteiger partial charge in [0.25, 0.3) is 0 Å². The van der Waals surface area contributed by atoms with Gasteiger partial charge in [-0.05, 0) is 31.4 Å². The standard InChI is InChI=1S/C20H24N6O2/c27-17(22-20-21-14-26(25-20)16-10-5-2-6-11-16)12-7-13-18-23-24-19(28-18)15-8-3-1-4-9-15/h1,3-4,8-9,14,16H,2,5-7,10-13H2,(H,22,25,27). The second kappa shape index (κ2) is 8.77. The Labute approximate surface area is 163 Å². The van der Waals surface area contributed by atoms with Gasteiger partial charge in [-0.1, -0.05) is 37.5 Å². The molecule has 0 spiro atoms. The van der Waals surface area contributed by atoms with Gasteiger partial charge in [0.2, 0.25) is 23.6 Å². The van der Waals surface area contributed by atoms with Crippen molar-refractivity contribution in [1.82, 2.24) is 25.0 Å². The topological polar surface area (TPSA) is 98.7 Å². The van der Waals surface area contributed by atoms with Crippen LogP contribution in [0.15, 0.2) is 41.1 Å². The summed E-state index contributed by atoms with van der Waals surface area (Å²) >= 11 is 0. The number of hydrogen-bond acceptors (Lipinski definition) is 6. The first-order valence-electron chi connectivity index (χ1n) is 9.87. The number of nitrogens with one attached hydrogen (secondary N) is 1. The molecule has 3 aromatic rings. The molecule has 0 atom stereocenters. The number of carbonyl (C=O) groups excluding carboxylic acids is 1. The van der Waals surface area contributed by atoms with Crippen LogP contribution in [0.5, 0.6) is 0 Å². The normalized spacial score (nSPS) is 14.9. The third-order valence-electron chi connectivity index (χ3n) is 4.99. The molecule has 2 heterocycles. The number of carbonyl (C=O) groups is 1. The summed E-state index contributed by atoms with van der Waals surface area (Å²) < 4.78 is 7.55. The van der Waals surface area contributed by atoms with Gasteiger partial charge in [0.1, 0.15) is 6.33 Å². The first-order valence-corrected chi connectivity index (χ1v) is 9.87. The molecular formula is C20H24N6O2. The highest BCUT2D eigenvalue weighted by molar-refractivity contribution is 5.88. The second-order valence-electron chi connectivity index (χ2n) is 7.11. The van der Waals surface area contributed by atoms with Crippen LogP contribution in [-0.4, -0.2) is 30.9 Å². The molecule has 0 saturated heterocycles. The van der Waals surface area contributed by atoms with E-state index >= 15 is 0 Å². The maximum Gasteiger partial charge on any atom is 0.248 e. The van der Waals surface area contributed by atoms with Gasteiger partial charge in [-0.25, -0.2) is 9.67 Å². The molecule has 1 aliphatic rings. The lowest BCUT2D eigenvalue weighted by Crippen LogP contribution is -2.15. The molecule has 0 aliphatic heterocycles. The zero-order valence-electron chi connectivity index (χ0n) is 15.8. The molecular weight excluding hydrogens is 356 g/mol. The SMILES string of the molecule is O=C(CCCc1nnc(-c2ccccc2)o1)Nc1ncn(C2CCCCC2)n1. The van der Waals surface area contributed by atoms with Gasteiger partial charge >= 0.3 is 0 Å². The van der Waals surface area contributed by atoms with Crippen LogP contribution in [0, 0.1) is 0 Å². The first kappa shape index (κ1) is 18.3. The molecule has 28 heavy (non-hydrogen) atoms. The van der Waals surface area contributed by atoms with Crippen LogP contribution in [0.3, 0.4) is 0 Å². The fourth-order valence-corrected chi connectivity index (χ4v) is 3.49. The molecule has 0 unspecified atom stereocenters. The molecule has 8 nitrogen and oxygen atoms in total. The molecule has 1 aromatic carbocycles. The van der Waals surface area contributed by atoms with Crippen LogP contribution in [0.25, 0.3) is 11.5 Å². The highest BCUT2D eigenvalue weighted by Gasteiger charge is 2.17. The number of rotatable bonds is 7. The summed E-state index contributed by atoms with van der Waals surface area (Å²) in [6, 6.07) is 10.0. The molecule has 0 radical (unpaired) electrons. The smallest absolute Gasteiger partial charge is 0.248 e. The molecule has 8 heteroatoms. The van der Waals surface area contributed by atoms with Crippen molar-refractivity contribution in [2.45, 2.75) is 57.4 Å². The van der Waals surface area contributed by atoms with Crippen molar-refractivity contribution in [3.8, 4) is 11.5 Å². The van der Waals surface area contributed by atoms with E-state index in [1.807, 2.05) is 35.0 Å². The Morgan fingerprint density at radius 1 is 1.14 bits per heavy atom. The van der Waals surface area contributed by atoms with E-state index in [2.05, 4.69) is 25.6 Å². The van der Waals surface area contributed by atoms with Crippen molar-refractivity contribution in [2.75, 3.05) is 5.32 Å². The Bertz CT molecular complexity index is 898. The quantitative estimate of drug-likeness (QED) is 0.669. The highest BCUT2D eigenvalue weighted by atomic mass is 16.4. The fraction of sp³-hybridized carbons (Fsp3) is 0.450. The molecule has 4 rings (SSSR count). The van der Waals surface area contributed by atoms with Crippen molar-refractivity contribution in [1.29, 1.82) is 0 Å². The number of hydrogen-bond donors (Lipinski definition) is 1. The van der Waals surface area contributed by atoms with Crippen LogP contribution in [0.1, 0.15) is 56.9 Å². The minimum atomic E-state index is -0.107. The lowest BCUT2D eigenvalue weighted by atomic mass is 9.96. The van der Waals surface area contributed by atoms with Crippen LogP contribution in [0.2, 0.25) is 0 Å². The Hall–Kier alpha value is -3.03. The van der Waals surface area contributed by atoms with E-state index in [9.17, 15) is 4.79 Å². The third kappa shape index (κ3) is 4.62. The predicted molar refractivity (Wildman–Crippen MR) is 103 cm³/mol. The van der Waals surface area contributed by atoms with Gasteiger partial charge in [0, 0.05) is 18.4 Å². The number of aryl methyl sites for hydroxylation is 1. The van der Waals surface area contributed by atoms with E-state index in [-0.39, 0.29) is 5.91 Å². The third-order valence-corrected chi connectivity index (χ3v) is 4.99. The minimum Gasteiger partial charge on any atom is -0.421 e. The molecule has 1 saturated carbocycles. The number of aromatic nitrogens is 5. The summed E-state index contributed by atoms with van der Waals surface area (Å²) in [5, 5.41) is 15.3. The van der Waals surface area contributed by atoms with Gasteiger partial charge in [-0.15, -0.1) is 15.3 Å². The van der Waals surface area contributed by atoms with Crippen LogP contribution >= 0.6 is 0 Å². The first-order chi connectivity index (χ1) is 13.8. The van der Waals surface area contributed by atoms with Gasteiger partial charge in [-0.3, -0.25) is 10.1 Å².